The molecular formula is C11H19NO4S. The van der Waals surface area contributed by atoms with Crippen molar-refractivity contribution in [3.8, 4) is 0 Å². The lowest BCUT2D eigenvalue weighted by molar-refractivity contribution is -0.143. The molecule has 98 valence electrons. The monoisotopic (exact) mass is 261 g/mol. The zero-order chi connectivity index (χ0) is 13.3. The van der Waals surface area contributed by atoms with Gasteiger partial charge in [0.1, 0.15) is 6.04 Å². The predicted octanol–water partition coefficient (Wildman–Crippen LogP) is 0.450. The van der Waals surface area contributed by atoms with Gasteiger partial charge < -0.3 is 15.5 Å². The van der Waals surface area contributed by atoms with Crippen molar-refractivity contribution < 1.29 is 19.8 Å². The van der Waals surface area contributed by atoms with E-state index in [2.05, 4.69) is 17.9 Å². The molecule has 0 saturated carbocycles. The maximum absolute atomic E-state index is 11.4. The van der Waals surface area contributed by atoms with Gasteiger partial charge in [-0.15, -0.1) is 0 Å². The van der Waals surface area contributed by atoms with E-state index in [1.165, 1.54) is 0 Å². The second kappa shape index (κ2) is 9.07. The smallest absolute Gasteiger partial charge is 0.328 e. The fourth-order valence-electron chi connectivity index (χ4n) is 1.20. The van der Waals surface area contributed by atoms with Gasteiger partial charge in [-0.25, -0.2) is 4.79 Å². The molecule has 17 heavy (non-hydrogen) atoms. The third kappa shape index (κ3) is 7.82. The number of aliphatic carboxylic acids is 1. The number of hydrogen-bond donors (Lipinski definition) is 4. The molecule has 2 atom stereocenters. The van der Waals surface area contributed by atoms with Crippen LogP contribution in [-0.2, 0) is 9.59 Å². The minimum atomic E-state index is -1.24. The molecule has 6 heteroatoms. The van der Waals surface area contributed by atoms with E-state index in [1.807, 2.05) is 19.1 Å². The summed E-state index contributed by atoms with van der Waals surface area (Å²) >= 11 is 4.05. The first-order valence-electron chi connectivity index (χ1n) is 5.41. The number of allylic oxidation sites excluding steroid dienone is 2. The fourth-order valence-corrected chi connectivity index (χ4v) is 1.35. The normalized spacial score (nSPS) is 14.5. The van der Waals surface area contributed by atoms with Crippen molar-refractivity contribution in [2.24, 2.45) is 5.92 Å². The van der Waals surface area contributed by atoms with E-state index in [0.717, 1.165) is 12.2 Å². The van der Waals surface area contributed by atoms with Crippen LogP contribution < -0.4 is 5.32 Å². The Bertz CT molecular complexity index is 281. The van der Waals surface area contributed by atoms with Crippen LogP contribution in [0.3, 0.4) is 0 Å². The van der Waals surface area contributed by atoms with Gasteiger partial charge in [0.2, 0.25) is 5.91 Å². The molecule has 0 rings (SSSR count). The first-order chi connectivity index (χ1) is 8.01. The third-order valence-electron chi connectivity index (χ3n) is 2.08. The van der Waals surface area contributed by atoms with Gasteiger partial charge in [0, 0.05) is 6.42 Å². The van der Waals surface area contributed by atoms with Gasteiger partial charge in [-0.05, 0) is 18.1 Å². The van der Waals surface area contributed by atoms with Gasteiger partial charge in [-0.3, -0.25) is 4.79 Å². The van der Waals surface area contributed by atoms with E-state index in [9.17, 15) is 9.59 Å². The van der Waals surface area contributed by atoms with Crippen molar-refractivity contribution in [1.82, 2.24) is 5.32 Å². The summed E-state index contributed by atoms with van der Waals surface area (Å²) in [4.78, 5) is 22.0. The summed E-state index contributed by atoms with van der Waals surface area (Å²) in [6.45, 7) is 1.26. The Labute approximate surface area is 106 Å². The number of aliphatic hydroxyl groups is 1. The van der Waals surface area contributed by atoms with Gasteiger partial charge in [0.15, 0.2) is 0 Å². The zero-order valence-electron chi connectivity index (χ0n) is 9.80. The zero-order valence-corrected chi connectivity index (χ0v) is 10.7. The van der Waals surface area contributed by atoms with Gasteiger partial charge in [-0.1, -0.05) is 19.1 Å². The first-order valence-corrected chi connectivity index (χ1v) is 6.05. The van der Waals surface area contributed by atoms with Crippen LogP contribution >= 0.6 is 12.6 Å². The number of thiol groups is 1. The summed E-state index contributed by atoms with van der Waals surface area (Å²) in [5.74, 6) is -0.835. The van der Waals surface area contributed by atoms with E-state index in [1.54, 1.807) is 0 Å². The van der Waals surface area contributed by atoms with Gasteiger partial charge in [0.25, 0.3) is 0 Å². The summed E-state index contributed by atoms with van der Waals surface area (Å²) in [5, 5.41) is 19.6. The number of carboxylic acids is 1. The molecular weight excluding hydrogens is 242 g/mol. The largest absolute Gasteiger partial charge is 0.480 e. The number of rotatable bonds is 8. The Balaban J connectivity index is 4.04. The highest BCUT2D eigenvalue weighted by molar-refractivity contribution is 7.80. The molecule has 0 aliphatic carbocycles. The van der Waals surface area contributed by atoms with Crippen molar-refractivity contribution in [2.45, 2.75) is 25.8 Å². The van der Waals surface area contributed by atoms with Crippen LogP contribution in [-0.4, -0.2) is 40.5 Å². The maximum Gasteiger partial charge on any atom is 0.328 e. The van der Waals surface area contributed by atoms with Crippen molar-refractivity contribution in [3.05, 3.63) is 12.2 Å². The highest BCUT2D eigenvalue weighted by Crippen LogP contribution is 2.05. The molecule has 0 fully saturated rings. The average molecular weight is 261 g/mol. The maximum atomic E-state index is 11.4. The average Bonchev–Trinajstić information content (AvgIpc) is 2.25. The molecule has 1 amide bonds. The molecule has 0 bridgehead atoms. The molecule has 0 saturated heterocycles. The predicted molar refractivity (Wildman–Crippen MR) is 68.0 cm³/mol. The minimum absolute atomic E-state index is 0.0306. The SMILES string of the molecule is CC(/C=C/CCS)CC(=O)N[C@H](CO)C(=O)O. The molecule has 0 aliphatic heterocycles. The van der Waals surface area contributed by atoms with E-state index >= 15 is 0 Å². The Kier molecular flexibility index (Phi) is 8.53. The molecule has 0 aromatic carbocycles. The second-order valence-corrected chi connectivity index (χ2v) is 4.21. The van der Waals surface area contributed by atoms with Crippen molar-refractivity contribution in [3.63, 3.8) is 0 Å². The van der Waals surface area contributed by atoms with Crippen molar-refractivity contribution in [1.29, 1.82) is 0 Å². The van der Waals surface area contributed by atoms with E-state index in [4.69, 9.17) is 10.2 Å². The quantitative estimate of drug-likeness (QED) is 0.377. The molecule has 5 nitrogen and oxygen atoms in total. The molecule has 0 aromatic rings. The topological polar surface area (TPSA) is 86.6 Å². The lowest BCUT2D eigenvalue weighted by Crippen LogP contribution is -2.43. The number of carbonyl (C=O) groups is 2. The molecule has 0 spiro atoms. The van der Waals surface area contributed by atoms with Crippen molar-refractivity contribution >= 4 is 24.5 Å². The number of aliphatic hydroxyl groups excluding tert-OH is 1. The van der Waals surface area contributed by atoms with Gasteiger partial charge in [-0.2, -0.15) is 12.6 Å². The van der Waals surface area contributed by atoms with Crippen LogP contribution in [0.25, 0.3) is 0 Å². The number of carbonyl (C=O) groups excluding carboxylic acids is 1. The number of carboxylic acid groups (broad SMARTS) is 1. The molecule has 0 aliphatic rings. The van der Waals surface area contributed by atoms with Crippen LogP contribution in [0.15, 0.2) is 12.2 Å². The first kappa shape index (κ1) is 16.0. The lowest BCUT2D eigenvalue weighted by Gasteiger charge is -2.12. The van der Waals surface area contributed by atoms with Gasteiger partial charge >= 0.3 is 5.97 Å². The summed E-state index contributed by atoms with van der Waals surface area (Å²) < 4.78 is 0. The molecule has 3 N–H and O–H groups in total. The Morgan fingerprint density at radius 3 is 2.59 bits per heavy atom. The highest BCUT2D eigenvalue weighted by Gasteiger charge is 2.19. The van der Waals surface area contributed by atoms with Crippen LogP contribution in [0.4, 0.5) is 0 Å². The minimum Gasteiger partial charge on any atom is -0.480 e. The molecule has 0 heterocycles. The van der Waals surface area contributed by atoms with Gasteiger partial charge in [0.05, 0.1) is 6.61 Å². The standard InChI is InChI=1S/C11H19NO4S/c1-8(4-2-3-5-17)6-10(14)12-9(7-13)11(15)16/h2,4,8-9,13,17H,3,5-7H2,1H3,(H,12,14)(H,15,16)/b4-2+/t8?,9-/m1/s1. The molecule has 0 radical (unpaired) electrons. The van der Waals surface area contributed by atoms with Crippen LogP contribution in [0.1, 0.15) is 19.8 Å². The van der Waals surface area contributed by atoms with E-state index in [0.29, 0.717) is 0 Å². The van der Waals surface area contributed by atoms with Crippen LogP contribution in [0, 0.1) is 5.92 Å². The van der Waals surface area contributed by atoms with E-state index in [-0.39, 0.29) is 18.2 Å². The second-order valence-electron chi connectivity index (χ2n) is 3.76. The number of hydrogen-bond acceptors (Lipinski definition) is 4. The number of amides is 1. The van der Waals surface area contributed by atoms with Crippen LogP contribution in [0.5, 0.6) is 0 Å². The van der Waals surface area contributed by atoms with E-state index < -0.39 is 18.6 Å². The van der Waals surface area contributed by atoms with Crippen molar-refractivity contribution in [2.75, 3.05) is 12.4 Å². The Morgan fingerprint density at radius 2 is 2.12 bits per heavy atom. The third-order valence-corrected chi connectivity index (χ3v) is 2.34. The lowest BCUT2D eigenvalue weighted by atomic mass is 10.1. The molecule has 1 unspecified atom stereocenters. The summed E-state index contributed by atoms with van der Waals surface area (Å²) in [6.07, 6.45) is 4.87. The Morgan fingerprint density at radius 1 is 1.47 bits per heavy atom. The highest BCUT2D eigenvalue weighted by atomic mass is 32.1. The summed E-state index contributed by atoms with van der Waals surface area (Å²) in [6, 6.07) is -1.23. The Hall–Kier alpha value is -1.01. The van der Waals surface area contributed by atoms with Crippen LogP contribution in [0.2, 0.25) is 0 Å². The number of nitrogens with one attached hydrogen (secondary N) is 1. The summed E-state index contributed by atoms with van der Waals surface area (Å²) in [7, 11) is 0. The fraction of sp³-hybridized carbons (Fsp3) is 0.636. The molecule has 0 aromatic heterocycles. The summed E-state index contributed by atoms with van der Waals surface area (Å²) in [5.41, 5.74) is 0.